The van der Waals surface area contributed by atoms with E-state index < -0.39 is 0 Å². The van der Waals surface area contributed by atoms with Crippen LogP contribution in [0.1, 0.15) is 39.5 Å². The molecule has 0 amide bonds. The van der Waals surface area contributed by atoms with Gasteiger partial charge in [0.05, 0.1) is 29.4 Å². The summed E-state index contributed by atoms with van der Waals surface area (Å²) in [6.07, 6.45) is 8.53. The van der Waals surface area contributed by atoms with Gasteiger partial charge in [0.1, 0.15) is 0 Å². The standard InChI is InChI=1S/C49H41N5O/c1-30-4-10-33(11-5-30)46-38-20-22-40(51-38)47(34-12-6-31(2)7-13-34)42-24-26-44(53-42)49(36-16-18-37(19-17-36)50-28-29-55)45-27-25-43(54-45)48(41-23-21-39(46)52-41)35-14-8-32(3)9-15-35/h4-27,50-51,54-55H,28-29H2,1-3H3. The van der Waals surface area contributed by atoms with Crippen molar-refractivity contribution in [2.24, 2.45) is 0 Å². The number of fused-ring (bicyclic) bond motifs is 8. The van der Waals surface area contributed by atoms with Gasteiger partial charge in [-0.25, -0.2) is 9.97 Å². The molecule has 2 aliphatic rings. The third-order valence-corrected chi connectivity index (χ3v) is 10.4. The van der Waals surface area contributed by atoms with E-state index in [-0.39, 0.29) is 6.61 Å². The number of hydrogen-bond donors (Lipinski definition) is 4. The van der Waals surface area contributed by atoms with Crippen molar-refractivity contribution < 1.29 is 5.11 Å². The third kappa shape index (κ3) is 6.58. The molecule has 2 aliphatic heterocycles. The van der Waals surface area contributed by atoms with Gasteiger partial charge < -0.3 is 20.4 Å². The summed E-state index contributed by atoms with van der Waals surface area (Å²) in [5.74, 6) is 0. The molecule has 5 heterocycles. The van der Waals surface area contributed by atoms with Crippen LogP contribution < -0.4 is 5.32 Å². The highest BCUT2D eigenvalue weighted by atomic mass is 16.3. The zero-order valence-electron chi connectivity index (χ0n) is 31.1. The smallest absolute Gasteiger partial charge is 0.0737 e. The summed E-state index contributed by atoms with van der Waals surface area (Å²) in [6.45, 7) is 6.89. The van der Waals surface area contributed by atoms with Gasteiger partial charge in [0, 0.05) is 56.6 Å². The molecule has 268 valence electrons. The Morgan fingerprint density at radius 2 is 0.709 bits per heavy atom. The van der Waals surface area contributed by atoms with Crippen molar-refractivity contribution in [1.82, 2.24) is 19.9 Å². The summed E-state index contributed by atoms with van der Waals surface area (Å²) in [4.78, 5) is 18.5. The molecule has 9 rings (SSSR count). The second kappa shape index (κ2) is 14.2. The lowest BCUT2D eigenvalue weighted by Crippen LogP contribution is -2.04. The van der Waals surface area contributed by atoms with Gasteiger partial charge in [-0.2, -0.15) is 0 Å². The highest BCUT2D eigenvalue weighted by Crippen LogP contribution is 2.38. The second-order valence-corrected chi connectivity index (χ2v) is 14.3. The maximum Gasteiger partial charge on any atom is 0.0737 e. The average Bonchev–Trinajstić information content (AvgIpc) is 4.04. The Balaban J connectivity index is 1.43. The highest BCUT2D eigenvalue weighted by molar-refractivity contribution is 5.99. The van der Waals surface area contributed by atoms with Crippen LogP contribution in [0, 0.1) is 20.8 Å². The fraction of sp³-hybridized carbons (Fsp3) is 0.102. The molecular weight excluding hydrogens is 675 g/mol. The van der Waals surface area contributed by atoms with E-state index in [1.165, 1.54) is 16.7 Å². The van der Waals surface area contributed by atoms with Gasteiger partial charge in [-0.05, 0) is 104 Å². The van der Waals surface area contributed by atoms with Crippen LogP contribution in [0.4, 0.5) is 5.69 Å². The molecule has 7 aromatic rings. The normalized spacial score (nSPS) is 12.0. The van der Waals surface area contributed by atoms with Gasteiger partial charge in [0.2, 0.25) is 0 Å². The Bertz CT molecular complexity index is 2740. The highest BCUT2D eigenvalue weighted by Gasteiger charge is 2.19. The van der Waals surface area contributed by atoms with Crippen molar-refractivity contribution in [2.45, 2.75) is 20.8 Å². The van der Waals surface area contributed by atoms with E-state index >= 15 is 0 Å². The van der Waals surface area contributed by atoms with E-state index in [4.69, 9.17) is 9.97 Å². The van der Waals surface area contributed by atoms with E-state index in [1.807, 2.05) is 0 Å². The molecule has 0 atom stereocenters. The topological polar surface area (TPSA) is 89.6 Å². The quantitative estimate of drug-likeness (QED) is 0.132. The van der Waals surface area contributed by atoms with Crippen LogP contribution in [0.25, 0.3) is 90.9 Å². The summed E-state index contributed by atoms with van der Waals surface area (Å²) in [5, 5.41) is 12.7. The molecule has 0 fully saturated rings. The first-order valence-corrected chi connectivity index (χ1v) is 18.7. The molecular formula is C49H41N5O. The Labute approximate surface area is 320 Å². The van der Waals surface area contributed by atoms with Crippen LogP contribution in [0.3, 0.4) is 0 Å². The number of benzene rings is 4. The minimum absolute atomic E-state index is 0.0670. The summed E-state index contributed by atoms with van der Waals surface area (Å²) in [7, 11) is 0. The first-order chi connectivity index (χ1) is 26.9. The van der Waals surface area contributed by atoms with Crippen molar-refractivity contribution in [3.63, 3.8) is 0 Å². The number of aryl methyl sites for hydroxylation is 3. The first-order valence-electron chi connectivity index (χ1n) is 18.7. The number of aliphatic hydroxyl groups is 1. The SMILES string of the molecule is Cc1ccc(-c2c3nc(c(-c4ccc(C)cc4)c4ccc([nH]4)c(-c4ccc(NCCO)cc4)c4nc(c(-c5ccc(C)cc5)c5ccc2[nH]5)C=C4)C=C3)cc1. The number of hydrogen-bond acceptors (Lipinski definition) is 4. The van der Waals surface area contributed by atoms with Gasteiger partial charge in [-0.15, -0.1) is 0 Å². The number of nitrogens with one attached hydrogen (secondary N) is 3. The number of aromatic nitrogens is 4. The van der Waals surface area contributed by atoms with E-state index in [9.17, 15) is 5.11 Å². The van der Waals surface area contributed by atoms with Crippen LogP contribution in [-0.2, 0) is 0 Å². The summed E-state index contributed by atoms with van der Waals surface area (Å²) in [6, 6.07) is 43.0. The molecule has 3 aromatic heterocycles. The Kier molecular flexibility index (Phi) is 8.81. The molecule has 0 saturated carbocycles. The maximum atomic E-state index is 9.39. The molecule has 6 heteroatoms. The van der Waals surface area contributed by atoms with Crippen LogP contribution in [-0.4, -0.2) is 38.2 Å². The van der Waals surface area contributed by atoms with E-state index in [1.54, 1.807) is 0 Å². The Morgan fingerprint density at radius 1 is 0.418 bits per heavy atom. The summed E-state index contributed by atoms with van der Waals surface area (Å²) >= 11 is 0. The third-order valence-electron chi connectivity index (χ3n) is 10.4. The molecule has 4 N–H and O–H groups in total. The maximum absolute atomic E-state index is 9.39. The van der Waals surface area contributed by atoms with Crippen molar-refractivity contribution in [3.8, 4) is 44.5 Å². The van der Waals surface area contributed by atoms with Crippen molar-refractivity contribution in [3.05, 3.63) is 161 Å². The minimum Gasteiger partial charge on any atom is -0.395 e. The number of rotatable bonds is 7. The molecule has 0 unspecified atom stereocenters. The Hall–Kier alpha value is -6.76. The van der Waals surface area contributed by atoms with Crippen LogP contribution in [0.15, 0.2) is 121 Å². The van der Waals surface area contributed by atoms with Crippen LogP contribution in [0.2, 0.25) is 0 Å². The first kappa shape index (κ1) is 34.0. The van der Waals surface area contributed by atoms with E-state index in [0.717, 1.165) is 95.0 Å². The Morgan fingerprint density at radius 3 is 1.00 bits per heavy atom. The van der Waals surface area contributed by atoms with Gasteiger partial charge in [-0.3, -0.25) is 0 Å². The fourth-order valence-corrected chi connectivity index (χ4v) is 7.54. The molecule has 55 heavy (non-hydrogen) atoms. The van der Waals surface area contributed by atoms with Crippen LogP contribution in [0.5, 0.6) is 0 Å². The molecule has 0 aliphatic carbocycles. The molecule has 6 nitrogen and oxygen atoms in total. The van der Waals surface area contributed by atoms with Crippen molar-refractivity contribution >= 4 is 52.1 Å². The number of H-pyrrole nitrogens is 2. The number of nitrogens with zero attached hydrogens (tertiary/aromatic N) is 2. The lowest BCUT2D eigenvalue weighted by molar-refractivity contribution is 0.311. The summed E-state index contributed by atoms with van der Waals surface area (Å²) < 4.78 is 0. The van der Waals surface area contributed by atoms with Gasteiger partial charge in [0.15, 0.2) is 0 Å². The average molecular weight is 716 g/mol. The predicted octanol–water partition coefficient (Wildman–Crippen LogP) is 11.7. The minimum atomic E-state index is 0.0670. The monoisotopic (exact) mass is 715 g/mol. The van der Waals surface area contributed by atoms with Gasteiger partial charge >= 0.3 is 0 Å². The van der Waals surface area contributed by atoms with Crippen molar-refractivity contribution in [2.75, 3.05) is 18.5 Å². The molecule has 0 radical (unpaired) electrons. The predicted molar refractivity (Wildman–Crippen MR) is 230 cm³/mol. The lowest BCUT2D eigenvalue weighted by Gasteiger charge is -2.08. The number of anilines is 1. The lowest BCUT2D eigenvalue weighted by atomic mass is 10.0. The molecule has 0 spiro atoms. The molecule has 4 aromatic carbocycles. The number of aromatic amines is 2. The number of aliphatic hydroxyl groups excluding tert-OH is 1. The zero-order chi connectivity index (χ0) is 37.5. The van der Waals surface area contributed by atoms with Gasteiger partial charge in [0.25, 0.3) is 0 Å². The summed E-state index contributed by atoms with van der Waals surface area (Å²) in [5.41, 5.74) is 20.3. The second-order valence-electron chi connectivity index (χ2n) is 14.3. The van der Waals surface area contributed by atoms with Crippen molar-refractivity contribution in [1.29, 1.82) is 0 Å². The zero-order valence-corrected chi connectivity index (χ0v) is 31.1. The largest absolute Gasteiger partial charge is 0.395 e. The molecule has 8 bridgehead atoms. The van der Waals surface area contributed by atoms with Crippen LogP contribution >= 0.6 is 0 Å². The van der Waals surface area contributed by atoms with E-state index in [0.29, 0.717) is 6.54 Å². The van der Waals surface area contributed by atoms with Gasteiger partial charge in [-0.1, -0.05) is 102 Å². The fourth-order valence-electron chi connectivity index (χ4n) is 7.54. The molecule has 0 saturated heterocycles. The van der Waals surface area contributed by atoms with E-state index in [2.05, 4.69) is 182 Å².